The largest absolute Gasteiger partial charge is 0.478 e. The summed E-state index contributed by atoms with van der Waals surface area (Å²) in [6, 6.07) is 16.3. The molecule has 9 heteroatoms. The van der Waals surface area contributed by atoms with E-state index in [1.165, 1.54) is 11.1 Å². The first kappa shape index (κ1) is 24.8. The van der Waals surface area contributed by atoms with Gasteiger partial charge in [-0.25, -0.2) is 9.88 Å². The number of ether oxygens (including phenoxy) is 3. The second kappa shape index (κ2) is 9.05. The van der Waals surface area contributed by atoms with Crippen LogP contribution in [0.2, 0.25) is 5.02 Å². The molecule has 0 N–H and O–H groups in total. The van der Waals surface area contributed by atoms with Gasteiger partial charge in [-0.1, -0.05) is 42.8 Å². The monoisotopic (exact) mass is 531 g/mol. The fourth-order valence-corrected chi connectivity index (χ4v) is 6.93. The van der Waals surface area contributed by atoms with Gasteiger partial charge in [0.2, 0.25) is 17.7 Å². The zero-order valence-corrected chi connectivity index (χ0v) is 21.8. The summed E-state index contributed by atoms with van der Waals surface area (Å²) >= 11 is 5.93. The van der Waals surface area contributed by atoms with E-state index in [1.807, 2.05) is 31.2 Å². The molecule has 5 atom stereocenters. The Labute approximate surface area is 225 Å². The van der Waals surface area contributed by atoms with Crippen LogP contribution >= 0.6 is 11.6 Å². The molecule has 0 radical (unpaired) electrons. The molecule has 2 amide bonds. The number of anilines is 1. The number of amides is 2. The van der Waals surface area contributed by atoms with Crippen LogP contribution in [0.4, 0.5) is 5.69 Å². The highest BCUT2D eigenvalue weighted by Crippen LogP contribution is 2.64. The molecule has 6 rings (SSSR count). The molecule has 0 unspecified atom stereocenters. The van der Waals surface area contributed by atoms with E-state index in [9.17, 15) is 14.9 Å². The highest BCUT2D eigenvalue weighted by molar-refractivity contribution is 6.30. The first-order valence-corrected chi connectivity index (χ1v) is 13.0. The van der Waals surface area contributed by atoms with Gasteiger partial charge in [0.15, 0.2) is 0 Å². The molecule has 1 aromatic heterocycles. The van der Waals surface area contributed by atoms with E-state index in [1.54, 1.807) is 31.4 Å². The fourth-order valence-electron chi connectivity index (χ4n) is 6.82. The summed E-state index contributed by atoms with van der Waals surface area (Å²) < 4.78 is 18.5. The molecule has 194 valence electrons. The maximum atomic E-state index is 14.2. The van der Waals surface area contributed by atoms with Gasteiger partial charge in [-0.3, -0.25) is 9.59 Å². The van der Waals surface area contributed by atoms with Crippen LogP contribution in [0, 0.1) is 23.2 Å². The van der Waals surface area contributed by atoms with Crippen molar-refractivity contribution in [3.05, 3.63) is 65.3 Å². The Balaban J connectivity index is 1.39. The van der Waals surface area contributed by atoms with E-state index in [-0.39, 0.29) is 24.5 Å². The van der Waals surface area contributed by atoms with Crippen molar-refractivity contribution in [3.8, 4) is 11.9 Å². The molecule has 2 aromatic carbocycles. The minimum atomic E-state index is -0.919. The van der Waals surface area contributed by atoms with Crippen molar-refractivity contribution in [1.82, 2.24) is 4.98 Å². The predicted octanol–water partition coefficient (Wildman–Crippen LogP) is 4.67. The number of hydrogen-bond donors (Lipinski definition) is 0. The summed E-state index contributed by atoms with van der Waals surface area (Å²) in [4.78, 5) is 33.8. The summed E-state index contributed by atoms with van der Waals surface area (Å²) in [5.41, 5.74) is -0.860. The van der Waals surface area contributed by atoms with E-state index in [0.717, 1.165) is 0 Å². The summed E-state index contributed by atoms with van der Waals surface area (Å²) in [6.07, 6.45) is 2.57. The predicted molar refractivity (Wildman–Crippen MR) is 140 cm³/mol. The third-order valence-corrected chi connectivity index (χ3v) is 8.67. The third kappa shape index (κ3) is 3.39. The molecule has 4 heterocycles. The maximum absolute atomic E-state index is 14.2. The van der Waals surface area contributed by atoms with E-state index >= 15 is 0 Å². The number of methoxy groups -OCH3 is 1. The zero-order valence-electron chi connectivity index (χ0n) is 21.0. The number of rotatable bonds is 7. The lowest BCUT2D eigenvalue weighted by atomic mass is 9.64. The van der Waals surface area contributed by atoms with Gasteiger partial charge in [-0.15, -0.1) is 0 Å². The number of hydrogen-bond acceptors (Lipinski definition) is 7. The van der Waals surface area contributed by atoms with Crippen molar-refractivity contribution < 1.29 is 23.8 Å². The summed E-state index contributed by atoms with van der Waals surface area (Å²) in [7, 11) is 1.62. The topological polar surface area (TPSA) is 102 Å². The molecular formula is C29H26ClN3O5. The molecule has 38 heavy (non-hydrogen) atoms. The molecule has 0 saturated carbocycles. The molecule has 3 aliphatic rings. The summed E-state index contributed by atoms with van der Waals surface area (Å²) in [6.45, 7) is 2.21. The number of nitrogens with zero attached hydrogens (tertiary/aromatic N) is 3. The molecule has 0 spiro atoms. The van der Waals surface area contributed by atoms with Crippen molar-refractivity contribution in [2.24, 2.45) is 11.8 Å². The van der Waals surface area contributed by atoms with Crippen LogP contribution < -0.4 is 9.64 Å². The fraction of sp³-hybridized carbons (Fsp3) is 0.379. The van der Waals surface area contributed by atoms with Gasteiger partial charge in [0, 0.05) is 43.0 Å². The van der Waals surface area contributed by atoms with E-state index in [2.05, 4.69) is 11.1 Å². The zero-order chi connectivity index (χ0) is 26.7. The van der Waals surface area contributed by atoms with Crippen LogP contribution in [0.5, 0.6) is 5.88 Å². The number of fused-ring (bicyclic) bond motifs is 6. The van der Waals surface area contributed by atoms with E-state index in [4.69, 9.17) is 25.8 Å². The molecule has 3 aromatic rings. The van der Waals surface area contributed by atoms with Crippen LogP contribution in [-0.2, 0) is 19.1 Å². The average Bonchev–Trinajstić information content (AvgIpc) is 3.53. The van der Waals surface area contributed by atoms with Crippen molar-refractivity contribution in [1.29, 1.82) is 5.26 Å². The Bertz CT molecular complexity index is 1490. The van der Waals surface area contributed by atoms with Crippen LogP contribution in [0.1, 0.15) is 31.7 Å². The number of imide groups is 1. The molecule has 3 aliphatic heterocycles. The SMILES string of the molecule is CC[C@]12O[C@](CCOc3ccc(Cl)cn3)(C[C@@H]1OC)[C@H]1C(=O)N(c3ccc(C#N)c4ccccc34)C(=O)[C@H]12. The number of benzene rings is 2. The molecule has 3 saturated heterocycles. The summed E-state index contributed by atoms with van der Waals surface area (Å²) in [5.74, 6) is -1.51. The van der Waals surface area contributed by atoms with Gasteiger partial charge < -0.3 is 14.2 Å². The Hall–Kier alpha value is -3.51. The minimum Gasteiger partial charge on any atom is -0.478 e. The molecule has 2 bridgehead atoms. The second-order valence-electron chi connectivity index (χ2n) is 10.1. The maximum Gasteiger partial charge on any atom is 0.240 e. The lowest BCUT2D eigenvalue weighted by Crippen LogP contribution is -2.51. The lowest BCUT2D eigenvalue weighted by Gasteiger charge is -2.36. The highest BCUT2D eigenvalue weighted by atomic mass is 35.5. The molecule has 0 aliphatic carbocycles. The van der Waals surface area contributed by atoms with Crippen LogP contribution in [0.15, 0.2) is 54.7 Å². The number of carbonyl (C=O) groups is 2. The lowest BCUT2D eigenvalue weighted by molar-refractivity contribution is -0.138. The number of carbonyl (C=O) groups excluding carboxylic acids is 2. The Morgan fingerprint density at radius 2 is 1.89 bits per heavy atom. The number of aromatic nitrogens is 1. The van der Waals surface area contributed by atoms with Crippen molar-refractivity contribution in [2.75, 3.05) is 18.6 Å². The van der Waals surface area contributed by atoms with Gasteiger partial charge in [-0.2, -0.15) is 5.26 Å². The average molecular weight is 532 g/mol. The Morgan fingerprint density at radius 1 is 1.13 bits per heavy atom. The van der Waals surface area contributed by atoms with Gasteiger partial charge in [0.25, 0.3) is 0 Å². The van der Waals surface area contributed by atoms with Crippen molar-refractivity contribution in [2.45, 2.75) is 43.5 Å². The first-order chi connectivity index (χ1) is 18.4. The minimum absolute atomic E-state index is 0.245. The van der Waals surface area contributed by atoms with Gasteiger partial charge in [0.05, 0.1) is 52.5 Å². The number of pyridine rings is 1. The Kier molecular flexibility index (Phi) is 5.91. The molecule has 3 fully saturated rings. The Morgan fingerprint density at radius 3 is 2.58 bits per heavy atom. The van der Waals surface area contributed by atoms with Crippen molar-refractivity contribution in [3.63, 3.8) is 0 Å². The second-order valence-corrected chi connectivity index (χ2v) is 10.5. The van der Waals surface area contributed by atoms with Crippen molar-refractivity contribution >= 4 is 39.9 Å². The van der Waals surface area contributed by atoms with Gasteiger partial charge >= 0.3 is 0 Å². The third-order valence-electron chi connectivity index (χ3n) is 8.44. The smallest absolute Gasteiger partial charge is 0.240 e. The van der Waals surface area contributed by atoms with E-state index in [0.29, 0.717) is 52.2 Å². The van der Waals surface area contributed by atoms with E-state index < -0.39 is 23.0 Å². The number of nitriles is 1. The quantitative estimate of drug-likeness (QED) is 0.408. The first-order valence-electron chi connectivity index (χ1n) is 12.7. The van der Waals surface area contributed by atoms with Crippen LogP contribution in [0.3, 0.4) is 0 Å². The molecular weight excluding hydrogens is 506 g/mol. The number of halogens is 1. The normalized spacial score (nSPS) is 29.6. The van der Waals surface area contributed by atoms with Gasteiger partial charge in [-0.05, 0) is 24.6 Å². The standard InChI is InChI=1S/C29H26ClN3O5/c1-3-29-22(36-2)14-28(38-29,12-13-37-23-11-9-18(30)16-32-23)24-25(29)27(35)33(26(24)34)21-10-8-17(15-31)19-6-4-5-7-20(19)21/h4-11,16,22,24-25H,3,12-14H2,1-2H3/t22-,24+,25-,28+,29-/m0/s1. The van der Waals surface area contributed by atoms with Crippen LogP contribution in [-0.4, -0.2) is 47.8 Å². The summed E-state index contributed by atoms with van der Waals surface area (Å²) in [5, 5.41) is 11.5. The van der Waals surface area contributed by atoms with Gasteiger partial charge in [0.1, 0.15) is 5.60 Å². The van der Waals surface area contributed by atoms with Crippen LogP contribution in [0.25, 0.3) is 10.8 Å². The highest BCUT2D eigenvalue weighted by Gasteiger charge is 2.78. The molecule has 8 nitrogen and oxygen atoms in total.